The van der Waals surface area contributed by atoms with Crippen molar-refractivity contribution in [1.29, 1.82) is 0 Å². The van der Waals surface area contributed by atoms with E-state index in [0.29, 0.717) is 10.6 Å². The molecule has 0 aliphatic carbocycles. The Labute approximate surface area is 126 Å². The lowest BCUT2D eigenvalue weighted by molar-refractivity contribution is 0.475. The molecule has 0 aliphatic heterocycles. The predicted octanol–water partition coefficient (Wildman–Crippen LogP) is 4.43. The van der Waals surface area contributed by atoms with Gasteiger partial charge in [0.1, 0.15) is 5.75 Å². The molecule has 2 aromatic rings. The predicted molar refractivity (Wildman–Crippen MR) is 83.0 cm³/mol. The van der Waals surface area contributed by atoms with Gasteiger partial charge in [0, 0.05) is 15.5 Å². The van der Waals surface area contributed by atoms with Crippen LogP contribution in [0.3, 0.4) is 0 Å². The highest BCUT2D eigenvalue weighted by atomic mass is 35.5. The maximum Gasteiger partial charge on any atom is 0.143 e. The van der Waals surface area contributed by atoms with E-state index in [1.807, 2.05) is 24.3 Å². The summed E-state index contributed by atoms with van der Waals surface area (Å²) in [6, 6.07) is 10.4. The Kier molecular flexibility index (Phi) is 4.58. The first kappa shape index (κ1) is 14.1. The van der Waals surface area contributed by atoms with Gasteiger partial charge >= 0.3 is 0 Å². The Morgan fingerprint density at radius 2 is 1.84 bits per heavy atom. The molecule has 19 heavy (non-hydrogen) atoms. The van der Waals surface area contributed by atoms with Gasteiger partial charge in [-0.25, -0.2) is 0 Å². The molecule has 0 saturated carbocycles. The van der Waals surface area contributed by atoms with Crippen molar-refractivity contribution in [1.82, 2.24) is 0 Å². The summed E-state index contributed by atoms with van der Waals surface area (Å²) >= 11 is 15.8. The topological polar surface area (TPSA) is 44.6 Å². The molecule has 2 rings (SSSR count). The van der Waals surface area contributed by atoms with Gasteiger partial charge in [0.15, 0.2) is 0 Å². The fourth-order valence-electron chi connectivity index (χ4n) is 1.40. The first-order valence-corrected chi connectivity index (χ1v) is 6.52. The molecule has 0 bridgehead atoms. The number of benzene rings is 2. The van der Waals surface area contributed by atoms with Crippen molar-refractivity contribution in [2.75, 3.05) is 5.43 Å². The number of phenolic OH excluding ortho intramolecular Hbond substituents is 1. The zero-order valence-corrected chi connectivity index (χ0v) is 12.0. The Morgan fingerprint density at radius 3 is 2.53 bits per heavy atom. The van der Waals surface area contributed by atoms with E-state index in [1.54, 1.807) is 6.07 Å². The summed E-state index contributed by atoms with van der Waals surface area (Å²) in [6.45, 7) is 0. The minimum atomic E-state index is -0.0534. The van der Waals surface area contributed by atoms with Crippen molar-refractivity contribution in [2.45, 2.75) is 4.90 Å². The SMILES string of the molecule is Oc1c(Cl)cc(Cl)cc1/C=N/Nc1ccc(S)cc1. The monoisotopic (exact) mass is 312 g/mol. The lowest BCUT2D eigenvalue weighted by Gasteiger charge is -2.03. The lowest BCUT2D eigenvalue weighted by atomic mass is 10.2. The van der Waals surface area contributed by atoms with E-state index in [9.17, 15) is 5.11 Å². The van der Waals surface area contributed by atoms with Gasteiger partial charge in [0.2, 0.25) is 0 Å². The smallest absolute Gasteiger partial charge is 0.143 e. The highest BCUT2D eigenvalue weighted by molar-refractivity contribution is 7.80. The van der Waals surface area contributed by atoms with Crippen molar-refractivity contribution < 1.29 is 5.11 Å². The van der Waals surface area contributed by atoms with E-state index >= 15 is 0 Å². The summed E-state index contributed by atoms with van der Waals surface area (Å²) in [6.07, 6.45) is 1.45. The molecular weight excluding hydrogens is 303 g/mol. The van der Waals surface area contributed by atoms with E-state index in [0.717, 1.165) is 10.6 Å². The lowest BCUT2D eigenvalue weighted by Crippen LogP contribution is -1.91. The zero-order valence-electron chi connectivity index (χ0n) is 9.64. The van der Waals surface area contributed by atoms with E-state index in [1.165, 1.54) is 12.3 Å². The first-order valence-electron chi connectivity index (χ1n) is 5.32. The summed E-state index contributed by atoms with van der Waals surface area (Å²) in [5, 5.41) is 14.4. The van der Waals surface area contributed by atoms with Crippen LogP contribution < -0.4 is 5.43 Å². The summed E-state index contributed by atoms with van der Waals surface area (Å²) < 4.78 is 0. The average molecular weight is 313 g/mol. The number of hydrazone groups is 1. The van der Waals surface area contributed by atoms with Gasteiger partial charge in [0.05, 0.1) is 16.9 Å². The molecule has 3 nitrogen and oxygen atoms in total. The fraction of sp³-hybridized carbons (Fsp3) is 0. The average Bonchev–Trinajstić information content (AvgIpc) is 2.37. The van der Waals surface area contributed by atoms with E-state index < -0.39 is 0 Å². The van der Waals surface area contributed by atoms with E-state index in [-0.39, 0.29) is 10.8 Å². The maximum absolute atomic E-state index is 9.74. The van der Waals surface area contributed by atoms with Gasteiger partial charge in [-0.15, -0.1) is 12.6 Å². The molecule has 0 aromatic heterocycles. The van der Waals surface area contributed by atoms with Crippen molar-refractivity contribution in [3.8, 4) is 5.75 Å². The van der Waals surface area contributed by atoms with Crippen LogP contribution in [0.4, 0.5) is 5.69 Å². The van der Waals surface area contributed by atoms with Crippen LogP contribution >= 0.6 is 35.8 Å². The summed E-state index contributed by atoms with van der Waals surface area (Å²) in [4.78, 5) is 0.869. The summed E-state index contributed by atoms with van der Waals surface area (Å²) in [7, 11) is 0. The van der Waals surface area contributed by atoms with Crippen LogP contribution in [-0.2, 0) is 0 Å². The number of anilines is 1. The van der Waals surface area contributed by atoms with Gasteiger partial charge < -0.3 is 5.11 Å². The Morgan fingerprint density at radius 1 is 1.16 bits per heavy atom. The van der Waals surface area contributed by atoms with Crippen LogP contribution in [0.1, 0.15) is 5.56 Å². The number of nitrogens with one attached hydrogen (secondary N) is 1. The number of hydrogen-bond acceptors (Lipinski definition) is 4. The number of thiol groups is 1. The number of halogens is 2. The molecule has 0 radical (unpaired) electrons. The number of phenols is 1. The van der Waals surface area contributed by atoms with Crippen LogP contribution in [0.25, 0.3) is 0 Å². The van der Waals surface area contributed by atoms with Gasteiger partial charge in [-0.3, -0.25) is 5.43 Å². The zero-order chi connectivity index (χ0) is 13.8. The van der Waals surface area contributed by atoms with Crippen LogP contribution in [0.2, 0.25) is 10.0 Å². The third kappa shape index (κ3) is 3.80. The molecule has 0 unspecified atom stereocenters. The van der Waals surface area contributed by atoms with Crippen LogP contribution in [0.15, 0.2) is 46.4 Å². The molecule has 98 valence electrons. The molecule has 0 aliphatic rings. The quantitative estimate of drug-likeness (QED) is 0.446. The normalized spacial score (nSPS) is 10.9. The molecule has 0 heterocycles. The van der Waals surface area contributed by atoms with Gasteiger partial charge in [-0.05, 0) is 36.4 Å². The number of aromatic hydroxyl groups is 1. The number of hydrogen-bond donors (Lipinski definition) is 3. The molecular formula is C13H10Cl2N2OS. The molecule has 0 amide bonds. The molecule has 0 saturated heterocycles. The summed E-state index contributed by atoms with van der Waals surface area (Å²) in [5.41, 5.74) is 4.07. The van der Waals surface area contributed by atoms with Crippen LogP contribution in [0, 0.1) is 0 Å². The van der Waals surface area contributed by atoms with Crippen LogP contribution in [-0.4, -0.2) is 11.3 Å². The Balaban J connectivity index is 2.13. The first-order chi connectivity index (χ1) is 9.06. The number of rotatable bonds is 3. The molecule has 2 aromatic carbocycles. The molecule has 0 spiro atoms. The van der Waals surface area contributed by atoms with Gasteiger partial charge in [0.25, 0.3) is 0 Å². The minimum absolute atomic E-state index is 0.0534. The fourth-order valence-corrected chi connectivity index (χ4v) is 2.05. The second-order valence-corrected chi connectivity index (χ2v) is 5.10. The molecule has 0 fully saturated rings. The van der Waals surface area contributed by atoms with E-state index in [2.05, 4.69) is 23.2 Å². The van der Waals surface area contributed by atoms with Crippen molar-refractivity contribution in [2.24, 2.45) is 5.10 Å². The molecule has 2 N–H and O–H groups in total. The molecule has 6 heteroatoms. The minimum Gasteiger partial charge on any atom is -0.506 e. The van der Waals surface area contributed by atoms with Crippen molar-refractivity contribution >= 4 is 47.7 Å². The maximum atomic E-state index is 9.74. The highest BCUT2D eigenvalue weighted by Gasteiger charge is 2.05. The van der Waals surface area contributed by atoms with Gasteiger partial charge in [-0.2, -0.15) is 5.10 Å². The molecule has 0 atom stereocenters. The Bertz CT molecular complexity index is 615. The number of nitrogens with zero attached hydrogens (tertiary/aromatic N) is 1. The second kappa shape index (κ2) is 6.19. The van der Waals surface area contributed by atoms with Crippen molar-refractivity contribution in [3.63, 3.8) is 0 Å². The van der Waals surface area contributed by atoms with Gasteiger partial charge in [-0.1, -0.05) is 23.2 Å². The van der Waals surface area contributed by atoms with E-state index in [4.69, 9.17) is 23.2 Å². The second-order valence-electron chi connectivity index (χ2n) is 3.74. The Hall–Kier alpha value is -1.36. The van der Waals surface area contributed by atoms with Crippen molar-refractivity contribution in [3.05, 3.63) is 52.0 Å². The third-order valence-corrected chi connectivity index (χ3v) is 3.13. The third-order valence-electron chi connectivity index (χ3n) is 2.32. The highest BCUT2D eigenvalue weighted by Crippen LogP contribution is 2.30. The summed E-state index contributed by atoms with van der Waals surface area (Å²) in [5.74, 6) is -0.0534. The standard InChI is InChI=1S/C13H10Cl2N2OS/c14-9-5-8(13(18)12(15)6-9)7-16-17-10-1-3-11(19)4-2-10/h1-7,17-19H/b16-7+. The largest absolute Gasteiger partial charge is 0.506 e. The van der Waals surface area contributed by atoms with Crippen LogP contribution in [0.5, 0.6) is 5.75 Å².